The third-order valence-corrected chi connectivity index (χ3v) is 3.23. The first-order valence-corrected chi connectivity index (χ1v) is 7.28. The molecule has 0 heterocycles. The van der Waals surface area contributed by atoms with Gasteiger partial charge in [-0.2, -0.15) is 5.10 Å². The first kappa shape index (κ1) is 15.8. The van der Waals surface area contributed by atoms with Gasteiger partial charge < -0.3 is 4.74 Å². The van der Waals surface area contributed by atoms with Crippen molar-refractivity contribution in [1.82, 2.24) is 5.43 Å². The lowest BCUT2D eigenvalue weighted by atomic mass is 10.1. The van der Waals surface area contributed by atoms with Gasteiger partial charge in [0.15, 0.2) is 0 Å². The van der Waals surface area contributed by atoms with Crippen molar-refractivity contribution in [2.75, 3.05) is 7.11 Å². The van der Waals surface area contributed by atoms with E-state index in [4.69, 9.17) is 4.74 Å². The van der Waals surface area contributed by atoms with E-state index in [1.165, 1.54) is 5.56 Å². The number of carbonyl (C=O) groups is 1. The summed E-state index contributed by atoms with van der Waals surface area (Å²) >= 11 is 0. The molecular formula is C18H20N2O2. The van der Waals surface area contributed by atoms with Gasteiger partial charge in [0, 0.05) is 6.42 Å². The van der Waals surface area contributed by atoms with E-state index >= 15 is 0 Å². The van der Waals surface area contributed by atoms with Crippen LogP contribution in [0.5, 0.6) is 5.75 Å². The Morgan fingerprint density at radius 1 is 1.14 bits per heavy atom. The Hall–Kier alpha value is -2.62. The first-order chi connectivity index (χ1) is 10.8. The zero-order valence-electron chi connectivity index (χ0n) is 12.7. The fraction of sp³-hybridized carbons (Fsp3) is 0.222. The second-order valence-corrected chi connectivity index (χ2v) is 4.91. The molecule has 0 fully saturated rings. The molecule has 2 aromatic carbocycles. The lowest BCUT2D eigenvalue weighted by molar-refractivity contribution is -0.121. The zero-order valence-corrected chi connectivity index (χ0v) is 12.7. The van der Waals surface area contributed by atoms with Gasteiger partial charge in [-0.15, -0.1) is 0 Å². The quantitative estimate of drug-likeness (QED) is 0.630. The van der Waals surface area contributed by atoms with Gasteiger partial charge in [-0.25, -0.2) is 5.43 Å². The van der Waals surface area contributed by atoms with Gasteiger partial charge >= 0.3 is 0 Å². The predicted molar refractivity (Wildman–Crippen MR) is 88.1 cm³/mol. The van der Waals surface area contributed by atoms with Crippen LogP contribution < -0.4 is 10.2 Å². The average molecular weight is 296 g/mol. The number of hydrogen-bond acceptors (Lipinski definition) is 3. The second-order valence-electron chi connectivity index (χ2n) is 4.91. The van der Waals surface area contributed by atoms with E-state index in [0.717, 1.165) is 24.2 Å². The third kappa shape index (κ3) is 5.40. The number of ether oxygens (including phenoxy) is 1. The number of rotatable bonds is 7. The van der Waals surface area contributed by atoms with Crippen LogP contribution in [0.2, 0.25) is 0 Å². The van der Waals surface area contributed by atoms with Crippen LogP contribution in [0.25, 0.3) is 0 Å². The Kier molecular flexibility index (Phi) is 6.18. The summed E-state index contributed by atoms with van der Waals surface area (Å²) in [6.07, 6.45) is 3.80. The van der Waals surface area contributed by atoms with Crippen LogP contribution in [0, 0.1) is 0 Å². The Bertz CT molecular complexity index is 607. The minimum Gasteiger partial charge on any atom is -0.497 e. The summed E-state index contributed by atoms with van der Waals surface area (Å²) in [6.45, 7) is 0. The van der Waals surface area contributed by atoms with Crippen molar-refractivity contribution in [3.8, 4) is 5.75 Å². The molecule has 0 saturated carbocycles. The van der Waals surface area contributed by atoms with Gasteiger partial charge in [-0.05, 0) is 48.2 Å². The summed E-state index contributed by atoms with van der Waals surface area (Å²) in [7, 11) is 1.62. The lowest BCUT2D eigenvalue weighted by Crippen LogP contribution is -2.17. The summed E-state index contributed by atoms with van der Waals surface area (Å²) in [6, 6.07) is 17.6. The molecule has 0 unspecified atom stereocenters. The fourth-order valence-electron chi connectivity index (χ4n) is 2.02. The van der Waals surface area contributed by atoms with Crippen molar-refractivity contribution in [2.24, 2.45) is 5.10 Å². The largest absolute Gasteiger partial charge is 0.497 e. The third-order valence-electron chi connectivity index (χ3n) is 3.23. The van der Waals surface area contributed by atoms with Gasteiger partial charge in [0.1, 0.15) is 5.75 Å². The molecule has 2 aromatic rings. The molecule has 0 radical (unpaired) electrons. The molecule has 0 aliphatic heterocycles. The minimum atomic E-state index is -0.0688. The van der Waals surface area contributed by atoms with E-state index in [9.17, 15) is 4.79 Å². The van der Waals surface area contributed by atoms with Crippen molar-refractivity contribution in [1.29, 1.82) is 0 Å². The highest BCUT2D eigenvalue weighted by Crippen LogP contribution is 2.09. The number of methoxy groups -OCH3 is 1. The number of aryl methyl sites for hydroxylation is 1. The minimum absolute atomic E-state index is 0.0688. The second kappa shape index (κ2) is 8.62. The molecule has 0 atom stereocenters. The molecule has 0 aromatic heterocycles. The summed E-state index contributed by atoms with van der Waals surface area (Å²) in [5.41, 5.74) is 4.70. The van der Waals surface area contributed by atoms with Gasteiger partial charge in [-0.3, -0.25) is 4.79 Å². The number of carbonyl (C=O) groups excluding carboxylic acids is 1. The van der Waals surface area contributed by atoms with Gasteiger partial charge in [0.2, 0.25) is 5.91 Å². The molecule has 0 bridgehead atoms. The summed E-state index contributed by atoms with van der Waals surface area (Å²) in [5, 5.41) is 3.96. The molecule has 1 amide bonds. The molecule has 114 valence electrons. The fourth-order valence-corrected chi connectivity index (χ4v) is 2.02. The van der Waals surface area contributed by atoms with Crippen molar-refractivity contribution < 1.29 is 9.53 Å². The topological polar surface area (TPSA) is 50.7 Å². The molecule has 0 saturated heterocycles. The van der Waals surface area contributed by atoms with Gasteiger partial charge in [-0.1, -0.05) is 30.3 Å². The summed E-state index contributed by atoms with van der Waals surface area (Å²) in [4.78, 5) is 11.7. The molecule has 0 spiro atoms. The molecule has 0 aliphatic carbocycles. The first-order valence-electron chi connectivity index (χ1n) is 7.28. The van der Waals surface area contributed by atoms with E-state index in [1.807, 2.05) is 42.5 Å². The van der Waals surface area contributed by atoms with E-state index in [1.54, 1.807) is 13.3 Å². The van der Waals surface area contributed by atoms with Crippen LogP contribution in [-0.4, -0.2) is 19.2 Å². The number of nitrogens with zero attached hydrogens (tertiary/aromatic N) is 1. The summed E-state index contributed by atoms with van der Waals surface area (Å²) in [5.74, 6) is 0.725. The van der Waals surface area contributed by atoms with Crippen LogP contribution in [0.1, 0.15) is 24.0 Å². The number of nitrogens with one attached hydrogen (secondary N) is 1. The molecule has 4 nitrogen and oxygen atoms in total. The molecule has 4 heteroatoms. The van der Waals surface area contributed by atoms with Crippen LogP contribution in [0.15, 0.2) is 59.7 Å². The number of benzene rings is 2. The molecule has 0 aliphatic rings. The maximum absolute atomic E-state index is 11.7. The smallest absolute Gasteiger partial charge is 0.240 e. The van der Waals surface area contributed by atoms with Crippen LogP contribution in [0.3, 0.4) is 0 Å². The van der Waals surface area contributed by atoms with E-state index in [0.29, 0.717) is 6.42 Å². The van der Waals surface area contributed by atoms with Crippen molar-refractivity contribution in [3.05, 3.63) is 65.7 Å². The number of amides is 1. The SMILES string of the molecule is COc1ccc(/C=N/NC(=O)CCCc2ccccc2)cc1. The highest BCUT2D eigenvalue weighted by atomic mass is 16.5. The van der Waals surface area contributed by atoms with Crippen molar-refractivity contribution >= 4 is 12.1 Å². The Balaban J connectivity index is 1.69. The highest BCUT2D eigenvalue weighted by molar-refractivity contribution is 5.82. The summed E-state index contributed by atoms with van der Waals surface area (Å²) < 4.78 is 5.08. The normalized spacial score (nSPS) is 10.6. The van der Waals surface area contributed by atoms with Crippen LogP contribution >= 0.6 is 0 Å². The Morgan fingerprint density at radius 3 is 2.55 bits per heavy atom. The Morgan fingerprint density at radius 2 is 1.86 bits per heavy atom. The molecule has 2 rings (SSSR count). The van der Waals surface area contributed by atoms with Crippen molar-refractivity contribution in [2.45, 2.75) is 19.3 Å². The van der Waals surface area contributed by atoms with Crippen LogP contribution in [0.4, 0.5) is 0 Å². The van der Waals surface area contributed by atoms with Gasteiger partial charge in [0.05, 0.1) is 13.3 Å². The van der Waals surface area contributed by atoms with Gasteiger partial charge in [0.25, 0.3) is 0 Å². The number of hydrazone groups is 1. The number of hydrogen-bond donors (Lipinski definition) is 1. The van der Waals surface area contributed by atoms with E-state index < -0.39 is 0 Å². The lowest BCUT2D eigenvalue weighted by Gasteiger charge is -2.01. The molecule has 22 heavy (non-hydrogen) atoms. The highest BCUT2D eigenvalue weighted by Gasteiger charge is 2.00. The zero-order chi connectivity index (χ0) is 15.6. The maximum Gasteiger partial charge on any atom is 0.240 e. The monoisotopic (exact) mass is 296 g/mol. The molecular weight excluding hydrogens is 276 g/mol. The predicted octanol–water partition coefficient (Wildman–Crippen LogP) is 3.17. The van der Waals surface area contributed by atoms with Crippen molar-refractivity contribution in [3.63, 3.8) is 0 Å². The van der Waals surface area contributed by atoms with E-state index in [2.05, 4.69) is 22.7 Å². The van der Waals surface area contributed by atoms with E-state index in [-0.39, 0.29) is 5.91 Å². The molecule has 1 N–H and O–H groups in total. The maximum atomic E-state index is 11.7. The average Bonchev–Trinajstić information content (AvgIpc) is 2.56. The Labute approximate surface area is 130 Å². The standard InChI is InChI=1S/C18H20N2O2/c1-22-17-12-10-16(11-13-17)14-19-20-18(21)9-5-8-15-6-3-2-4-7-15/h2-4,6-7,10-14H,5,8-9H2,1H3,(H,20,21)/b19-14+. The van der Waals surface area contributed by atoms with Crippen LogP contribution in [-0.2, 0) is 11.2 Å².